The summed E-state index contributed by atoms with van der Waals surface area (Å²) in [5.41, 5.74) is 2.43. The van der Waals surface area contributed by atoms with Crippen molar-refractivity contribution in [2.24, 2.45) is 0 Å². The topological polar surface area (TPSA) is 24.0 Å². The number of hydrogen-bond donors (Lipinski definition) is 1. The zero-order chi connectivity index (χ0) is 12.1. The number of rotatable bonds is 1. The standard InChI is InChI=1S/C14H17N3S/c18-14-15-10-4-1-2-5-11(10)17(14)13-7-9-16-8-3-6-12(13)16/h1-2,4-5,12-13H,3,6-9H2,(H,15,18). The lowest BCUT2D eigenvalue weighted by Crippen LogP contribution is -2.27. The van der Waals surface area contributed by atoms with E-state index in [4.69, 9.17) is 12.2 Å². The molecule has 1 N–H and O–H groups in total. The normalized spacial score (nSPS) is 28.0. The van der Waals surface area contributed by atoms with E-state index >= 15 is 0 Å². The van der Waals surface area contributed by atoms with E-state index in [1.54, 1.807) is 0 Å². The number of imidazole rings is 1. The van der Waals surface area contributed by atoms with Crippen LogP contribution < -0.4 is 0 Å². The number of hydrogen-bond acceptors (Lipinski definition) is 2. The number of fused-ring (bicyclic) bond motifs is 2. The summed E-state index contributed by atoms with van der Waals surface area (Å²) < 4.78 is 3.25. The largest absolute Gasteiger partial charge is 0.331 e. The van der Waals surface area contributed by atoms with Crippen LogP contribution in [0, 0.1) is 4.77 Å². The molecule has 2 aromatic rings. The molecule has 0 saturated carbocycles. The monoisotopic (exact) mass is 259 g/mol. The highest BCUT2D eigenvalue weighted by Gasteiger charge is 2.38. The smallest absolute Gasteiger partial charge is 0.178 e. The van der Waals surface area contributed by atoms with E-state index in [0.717, 1.165) is 4.77 Å². The minimum atomic E-state index is 0.566. The van der Waals surface area contributed by atoms with E-state index in [2.05, 4.69) is 38.7 Å². The molecule has 3 nitrogen and oxygen atoms in total. The molecule has 2 unspecified atom stereocenters. The Morgan fingerprint density at radius 2 is 2.00 bits per heavy atom. The third kappa shape index (κ3) is 1.42. The fourth-order valence-electron chi connectivity index (χ4n) is 3.76. The number of nitrogens with zero attached hydrogens (tertiary/aromatic N) is 2. The summed E-state index contributed by atoms with van der Waals surface area (Å²) in [7, 11) is 0. The van der Waals surface area contributed by atoms with Crippen LogP contribution in [-0.2, 0) is 0 Å². The van der Waals surface area contributed by atoms with Crippen LogP contribution in [0.3, 0.4) is 0 Å². The zero-order valence-corrected chi connectivity index (χ0v) is 11.1. The highest BCUT2D eigenvalue weighted by Crippen LogP contribution is 2.37. The van der Waals surface area contributed by atoms with E-state index in [1.807, 2.05) is 0 Å². The summed E-state index contributed by atoms with van der Waals surface area (Å²) in [6.45, 7) is 2.51. The molecule has 2 fully saturated rings. The van der Waals surface area contributed by atoms with Gasteiger partial charge in [-0.05, 0) is 50.2 Å². The molecule has 4 heteroatoms. The lowest BCUT2D eigenvalue weighted by molar-refractivity contribution is 0.291. The Morgan fingerprint density at radius 1 is 1.11 bits per heavy atom. The van der Waals surface area contributed by atoms with Gasteiger partial charge in [0.15, 0.2) is 4.77 Å². The molecule has 1 aromatic heterocycles. The fourth-order valence-corrected chi connectivity index (χ4v) is 4.10. The van der Waals surface area contributed by atoms with Gasteiger partial charge in [0.05, 0.1) is 17.1 Å². The van der Waals surface area contributed by atoms with Gasteiger partial charge >= 0.3 is 0 Å². The second kappa shape index (κ2) is 3.93. The number of aromatic nitrogens is 2. The van der Waals surface area contributed by atoms with Crippen molar-refractivity contribution in [1.82, 2.24) is 14.5 Å². The molecular formula is C14H17N3S. The van der Waals surface area contributed by atoms with Gasteiger partial charge < -0.3 is 9.55 Å². The zero-order valence-electron chi connectivity index (χ0n) is 10.3. The minimum Gasteiger partial charge on any atom is -0.331 e. The summed E-state index contributed by atoms with van der Waals surface area (Å²) in [6, 6.07) is 9.73. The highest BCUT2D eigenvalue weighted by atomic mass is 32.1. The van der Waals surface area contributed by atoms with Crippen LogP contribution in [-0.4, -0.2) is 33.6 Å². The summed E-state index contributed by atoms with van der Waals surface area (Å²) in [5.74, 6) is 0. The first-order chi connectivity index (χ1) is 8.84. The van der Waals surface area contributed by atoms with Crippen molar-refractivity contribution in [1.29, 1.82) is 0 Å². The average molecular weight is 259 g/mol. The Balaban J connectivity index is 1.87. The molecule has 0 radical (unpaired) electrons. The number of para-hydroxylation sites is 2. The first-order valence-electron chi connectivity index (χ1n) is 6.78. The van der Waals surface area contributed by atoms with Gasteiger partial charge in [-0.1, -0.05) is 12.1 Å². The van der Waals surface area contributed by atoms with Gasteiger partial charge in [0.2, 0.25) is 0 Å². The molecule has 0 bridgehead atoms. The van der Waals surface area contributed by atoms with Crippen LogP contribution in [0.4, 0.5) is 0 Å². The van der Waals surface area contributed by atoms with Gasteiger partial charge in [0.25, 0.3) is 0 Å². The first-order valence-corrected chi connectivity index (χ1v) is 7.19. The molecule has 2 saturated heterocycles. The van der Waals surface area contributed by atoms with Crippen LogP contribution in [0.2, 0.25) is 0 Å². The third-order valence-corrected chi connectivity index (χ3v) is 4.82. The molecule has 1 aromatic carbocycles. The van der Waals surface area contributed by atoms with E-state index in [9.17, 15) is 0 Å². The first kappa shape index (κ1) is 10.8. The molecule has 0 aliphatic carbocycles. The maximum Gasteiger partial charge on any atom is 0.178 e. The van der Waals surface area contributed by atoms with Gasteiger partial charge in [-0.15, -0.1) is 0 Å². The molecule has 2 aliphatic rings. The van der Waals surface area contributed by atoms with E-state index < -0.39 is 0 Å². The molecule has 94 valence electrons. The van der Waals surface area contributed by atoms with Crippen molar-refractivity contribution in [2.75, 3.05) is 13.1 Å². The van der Waals surface area contributed by atoms with Crippen molar-refractivity contribution in [3.63, 3.8) is 0 Å². The lowest BCUT2D eigenvalue weighted by atomic mass is 10.1. The average Bonchev–Trinajstić information content (AvgIpc) is 3.01. The summed E-state index contributed by atoms with van der Waals surface area (Å²) in [5, 5.41) is 0. The van der Waals surface area contributed by atoms with Crippen molar-refractivity contribution in [3.05, 3.63) is 29.0 Å². The molecule has 2 aliphatic heterocycles. The van der Waals surface area contributed by atoms with Crippen LogP contribution in [0.1, 0.15) is 25.3 Å². The van der Waals surface area contributed by atoms with E-state index in [-0.39, 0.29) is 0 Å². The number of aromatic amines is 1. The molecular weight excluding hydrogens is 242 g/mol. The quantitative estimate of drug-likeness (QED) is 0.796. The molecule has 0 amide bonds. The Kier molecular flexibility index (Phi) is 2.35. The number of H-pyrrole nitrogens is 1. The van der Waals surface area contributed by atoms with Crippen LogP contribution in [0.15, 0.2) is 24.3 Å². The second-order valence-corrected chi connectivity index (χ2v) is 5.81. The van der Waals surface area contributed by atoms with E-state index in [0.29, 0.717) is 12.1 Å². The molecule has 3 heterocycles. The summed E-state index contributed by atoms with van der Waals surface area (Å²) >= 11 is 5.54. The molecule has 0 spiro atoms. The SMILES string of the molecule is S=c1[nH]c2ccccc2n1C1CCN2CCCC12. The molecule has 18 heavy (non-hydrogen) atoms. The van der Waals surface area contributed by atoms with Gasteiger partial charge in [0, 0.05) is 12.6 Å². The predicted molar refractivity (Wildman–Crippen MR) is 75.4 cm³/mol. The van der Waals surface area contributed by atoms with Crippen LogP contribution in [0.25, 0.3) is 11.0 Å². The van der Waals surface area contributed by atoms with Crippen molar-refractivity contribution in [3.8, 4) is 0 Å². The van der Waals surface area contributed by atoms with Crippen LogP contribution in [0.5, 0.6) is 0 Å². The van der Waals surface area contributed by atoms with E-state index in [1.165, 1.54) is 43.4 Å². The van der Waals surface area contributed by atoms with Gasteiger partial charge in [-0.3, -0.25) is 4.90 Å². The van der Waals surface area contributed by atoms with Crippen LogP contribution >= 0.6 is 12.2 Å². The number of benzene rings is 1. The van der Waals surface area contributed by atoms with Gasteiger partial charge in [0.1, 0.15) is 0 Å². The molecule has 2 atom stereocenters. The Labute approximate surface area is 111 Å². The van der Waals surface area contributed by atoms with Gasteiger partial charge in [-0.25, -0.2) is 0 Å². The Morgan fingerprint density at radius 3 is 2.94 bits per heavy atom. The highest BCUT2D eigenvalue weighted by molar-refractivity contribution is 7.71. The number of nitrogens with one attached hydrogen (secondary N) is 1. The fraction of sp³-hybridized carbons (Fsp3) is 0.500. The summed E-state index contributed by atoms with van der Waals surface area (Å²) in [6.07, 6.45) is 3.91. The lowest BCUT2D eigenvalue weighted by Gasteiger charge is -2.22. The van der Waals surface area contributed by atoms with Crippen molar-refractivity contribution >= 4 is 23.3 Å². The van der Waals surface area contributed by atoms with Gasteiger partial charge in [-0.2, -0.15) is 0 Å². The maximum absolute atomic E-state index is 5.54. The Hall–Kier alpha value is -1.13. The maximum atomic E-state index is 5.54. The predicted octanol–water partition coefficient (Wildman–Crippen LogP) is 3.11. The van der Waals surface area contributed by atoms with Crippen molar-refractivity contribution < 1.29 is 0 Å². The third-order valence-electron chi connectivity index (χ3n) is 4.53. The molecule has 4 rings (SSSR count). The second-order valence-electron chi connectivity index (χ2n) is 5.42. The van der Waals surface area contributed by atoms with Crippen molar-refractivity contribution in [2.45, 2.75) is 31.3 Å². The Bertz CT molecular complexity index is 642. The summed E-state index contributed by atoms with van der Waals surface area (Å²) in [4.78, 5) is 5.98. The minimum absolute atomic E-state index is 0.566.